The standard InChI is InChI=1S/C18H19FN2O/c1-13-8-11-20-16(12-13)21-17(22)18(9-2-3-10-18)14-4-6-15(19)7-5-14/h4-8,11-12H,2-3,9-10H2,1H3,(H,20,21,22). The molecular formula is C18H19FN2O. The summed E-state index contributed by atoms with van der Waals surface area (Å²) in [5.74, 6) is 0.241. The molecule has 0 aliphatic heterocycles. The molecule has 4 heteroatoms. The summed E-state index contributed by atoms with van der Waals surface area (Å²) in [5, 5.41) is 2.93. The summed E-state index contributed by atoms with van der Waals surface area (Å²) in [6, 6.07) is 10.0. The lowest BCUT2D eigenvalue weighted by molar-refractivity contribution is -0.121. The number of carbonyl (C=O) groups excluding carboxylic acids is 1. The molecule has 1 saturated carbocycles. The summed E-state index contributed by atoms with van der Waals surface area (Å²) >= 11 is 0. The summed E-state index contributed by atoms with van der Waals surface area (Å²) in [7, 11) is 0. The second-order valence-corrected chi connectivity index (χ2v) is 5.97. The fourth-order valence-corrected chi connectivity index (χ4v) is 3.23. The van der Waals surface area contributed by atoms with Gasteiger partial charge in [-0.05, 0) is 55.2 Å². The maximum Gasteiger partial charge on any atom is 0.236 e. The van der Waals surface area contributed by atoms with Crippen LogP contribution in [0.5, 0.6) is 0 Å². The molecule has 0 bridgehead atoms. The van der Waals surface area contributed by atoms with Crippen LogP contribution in [0.4, 0.5) is 10.2 Å². The second kappa shape index (κ2) is 5.87. The van der Waals surface area contributed by atoms with Crippen LogP contribution in [-0.2, 0) is 10.2 Å². The molecule has 1 aliphatic carbocycles. The van der Waals surface area contributed by atoms with E-state index < -0.39 is 5.41 Å². The van der Waals surface area contributed by atoms with E-state index in [0.29, 0.717) is 5.82 Å². The number of halogens is 1. The van der Waals surface area contributed by atoms with E-state index in [1.54, 1.807) is 18.3 Å². The van der Waals surface area contributed by atoms with E-state index in [0.717, 1.165) is 36.8 Å². The molecular weight excluding hydrogens is 279 g/mol. The summed E-state index contributed by atoms with van der Waals surface area (Å²) in [6.07, 6.45) is 5.27. The van der Waals surface area contributed by atoms with Gasteiger partial charge in [0.25, 0.3) is 0 Å². The van der Waals surface area contributed by atoms with Crippen molar-refractivity contribution in [3.05, 3.63) is 59.5 Å². The zero-order valence-corrected chi connectivity index (χ0v) is 12.6. The molecule has 0 spiro atoms. The molecule has 1 N–H and O–H groups in total. The first kappa shape index (κ1) is 14.7. The Kier molecular flexibility index (Phi) is 3.92. The first-order valence-electron chi connectivity index (χ1n) is 7.60. The Morgan fingerprint density at radius 1 is 1.18 bits per heavy atom. The zero-order valence-electron chi connectivity index (χ0n) is 12.6. The number of pyridine rings is 1. The van der Waals surface area contributed by atoms with Gasteiger partial charge in [-0.25, -0.2) is 9.37 Å². The highest BCUT2D eigenvalue weighted by atomic mass is 19.1. The molecule has 3 rings (SSSR count). The summed E-state index contributed by atoms with van der Waals surface area (Å²) in [5.41, 5.74) is 1.36. The Morgan fingerprint density at radius 3 is 2.50 bits per heavy atom. The van der Waals surface area contributed by atoms with E-state index in [1.807, 2.05) is 19.1 Å². The quantitative estimate of drug-likeness (QED) is 0.931. The predicted molar refractivity (Wildman–Crippen MR) is 84.1 cm³/mol. The Labute approximate surface area is 129 Å². The van der Waals surface area contributed by atoms with Crippen molar-refractivity contribution in [1.29, 1.82) is 0 Å². The number of anilines is 1. The van der Waals surface area contributed by atoms with Crippen LogP contribution in [-0.4, -0.2) is 10.9 Å². The van der Waals surface area contributed by atoms with Crippen LogP contribution in [0.3, 0.4) is 0 Å². The maximum absolute atomic E-state index is 13.2. The van der Waals surface area contributed by atoms with Crippen molar-refractivity contribution < 1.29 is 9.18 Å². The fourth-order valence-electron chi connectivity index (χ4n) is 3.23. The number of hydrogen-bond acceptors (Lipinski definition) is 2. The molecule has 0 radical (unpaired) electrons. The minimum Gasteiger partial charge on any atom is -0.310 e. The number of hydrogen-bond donors (Lipinski definition) is 1. The number of aryl methyl sites for hydroxylation is 1. The SMILES string of the molecule is Cc1ccnc(NC(=O)C2(c3ccc(F)cc3)CCCC2)c1. The second-order valence-electron chi connectivity index (χ2n) is 5.97. The third-order valence-corrected chi connectivity index (χ3v) is 4.45. The van der Waals surface area contributed by atoms with Crippen LogP contribution < -0.4 is 5.32 Å². The van der Waals surface area contributed by atoms with Gasteiger partial charge in [0.1, 0.15) is 11.6 Å². The Bertz CT molecular complexity index is 676. The van der Waals surface area contributed by atoms with Gasteiger partial charge in [-0.1, -0.05) is 25.0 Å². The highest BCUT2D eigenvalue weighted by Crippen LogP contribution is 2.42. The van der Waals surface area contributed by atoms with Crippen molar-refractivity contribution in [1.82, 2.24) is 4.98 Å². The fraction of sp³-hybridized carbons (Fsp3) is 0.333. The van der Waals surface area contributed by atoms with Crippen LogP contribution >= 0.6 is 0 Å². The van der Waals surface area contributed by atoms with E-state index in [-0.39, 0.29) is 11.7 Å². The molecule has 3 nitrogen and oxygen atoms in total. The summed E-state index contributed by atoms with van der Waals surface area (Å²) in [4.78, 5) is 17.1. The van der Waals surface area contributed by atoms with E-state index in [2.05, 4.69) is 10.3 Å². The van der Waals surface area contributed by atoms with Crippen molar-refractivity contribution in [2.75, 3.05) is 5.32 Å². The van der Waals surface area contributed by atoms with Crippen LogP contribution in [0.1, 0.15) is 36.8 Å². The third kappa shape index (κ3) is 2.73. The number of benzene rings is 1. The molecule has 1 aromatic heterocycles. The molecule has 0 saturated heterocycles. The van der Waals surface area contributed by atoms with Gasteiger partial charge in [-0.2, -0.15) is 0 Å². The Balaban J connectivity index is 1.90. The summed E-state index contributed by atoms with van der Waals surface area (Å²) < 4.78 is 13.2. The van der Waals surface area contributed by atoms with Gasteiger partial charge >= 0.3 is 0 Å². The molecule has 0 atom stereocenters. The average Bonchev–Trinajstić information content (AvgIpc) is 2.99. The maximum atomic E-state index is 13.2. The van der Waals surface area contributed by atoms with Gasteiger partial charge in [0.2, 0.25) is 5.91 Å². The number of amides is 1. The lowest BCUT2D eigenvalue weighted by atomic mass is 9.78. The van der Waals surface area contributed by atoms with Gasteiger partial charge in [-0.3, -0.25) is 4.79 Å². The monoisotopic (exact) mass is 298 g/mol. The molecule has 2 aromatic rings. The molecule has 1 amide bonds. The van der Waals surface area contributed by atoms with Gasteiger partial charge in [0.15, 0.2) is 0 Å². The topological polar surface area (TPSA) is 42.0 Å². The number of nitrogens with one attached hydrogen (secondary N) is 1. The number of rotatable bonds is 3. The Hall–Kier alpha value is -2.23. The first-order valence-corrected chi connectivity index (χ1v) is 7.60. The van der Waals surface area contributed by atoms with Crippen LogP contribution in [0.15, 0.2) is 42.6 Å². The van der Waals surface area contributed by atoms with Gasteiger partial charge in [0, 0.05) is 6.20 Å². The summed E-state index contributed by atoms with van der Waals surface area (Å²) in [6.45, 7) is 1.96. The molecule has 114 valence electrons. The van der Waals surface area contributed by atoms with E-state index in [4.69, 9.17) is 0 Å². The minimum absolute atomic E-state index is 0.0466. The smallest absolute Gasteiger partial charge is 0.236 e. The molecule has 1 aliphatic rings. The minimum atomic E-state index is -0.570. The first-order chi connectivity index (χ1) is 10.6. The normalized spacial score (nSPS) is 16.5. The lowest BCUT2D eigenvalue weighted by Gasteiger charge is -2.28. The van der Waals surface area contributed by atoms with Crippen molar-refractivity contribution in [2.24, 2.45) is 0 Å². The van der Waals surface area contributed by atoms with Crippen LogP contribution in [0.25, 0.3) is 0 Å². The van der Waals surface area contributed by atoms with Crippen molar-refractivity contribution in [3.63, 3.8) is 0 Å². The molecule has 1 fully saturated rings. The van der Waals surface area contributed by atoms with Gasteiger partial charge in [-0.15, -0.1) is 0 Å². The molecule has 1 aromatic carbocycles. The van der Waals surface area contributed by atoms with Crippen molar-refractivity contribution in [3.8, 4) is 0 Å². The number of aromatic nitrogens is 1. The van der Waals surface area contributed by atoms with Gasteiger partial charge < -0.3 is 5.32 Å². The zero-order chi connectivity index (χ0) is 15.6. The van der Waals surface area contributed by atoms with Crippen LogP contribution in [0, 0.1) is 12.7 Å². The van der Waals surface area contributed by atoms with E-state index in [9.17, 15) is 9.18 Å². The number of carbonyl (C=O) groups is 1. The molecule has 0 unspecified atom stereocenters. The lowest BCUT2D eigenvalue weighted by Crippen LogP contribution is -2.38. The predicted octanol–water partition coefficient (Wildman–Crippen LogP) is 3.98. The number of nitrogens with zero attached hydrogens (tertiary/aromatic N) is 1. The highest BCUT2D eigenvalue weighted by Gasteiger charge is 2.42. The van der Waals surface area contributed by atoms with Crippen molar-refractivity contribution >= 4 is 11.7 Å². The highest BCUT2D eigenvalue weighted by molar-refractivity contribution is 5.98. The van der Waals surface area contributed by atoms with Crippen molar-refractivity contribution in [2.45, 2.75) is 38.0 Å². The van der Waals surface area contributed by atoms with Crippen LogP contribution in [0.2, 0.25) is 0 Å². The largest absolute Gasteiger partial charge is 0.310 e. The third-order valence-electron chi connectivity index (χ3n) is 4.45. The van der Waals surface area contributed by atoms with E-state index in [1.165, 1.54) is 12.1 Å². The molecule has 1 heterocycles. The molecule has 22 heavy (non-hydrogen) atoms. The van der Waals surface area contributed by atoms with Gasteiger partial charge in [0.05, 0.1) is 5.41 Å². The Morgan fingerprint density at radius 2 is 1.86 bits per heavy atom. The average molecular weight is 298 g/mol. The van der Waals surface area contributed by atoms with E-state index >= 15 is 0 Å².